The average molecular weight is 579 g/mol. The molecule has 4 aromatic rings. The number of esters is 1. The Balaban J connectivity index is 1.37. The number of carbonyl (C=O) groups excluding carboxylic acids is 2. The van der Waals surface area contributed by atoms with E-state index in [4.69, 9.17) is 18.9 Å². The summed E-state index contributed by atoms with van der Waals surface area (Å²) < 4.78 is 23.9. The number of hydrogen-bond acceptors (Lipinski definition) is 7. The van der Waals surface area contributed by atoms with Gasteiger partial charge in [0.15, 0.2) is 11.5 Å². The quantitative estimate of drug-likeness (QED) is 0.319. The summed E-state index contributed by atoms with van der Waals surface area (Å²) in [7, 11) is 4.84. The molecule has 7 rings (SSSR count). The van der Waals surface area contributed by atoms with Crippen LogP contribution in [0.15, 0.2) is 66.7 Å². The van der Waals surface area contributed by atoms with Gasteiger partial charge in [-0.25, -0.2) is 4.79 Å². The summed E-state index contributed by atoms with van der Waals surface area (Å²) >= 11 is 0. The van der Waals surface area contributed by atoms with Gasteiger partial charge in [-0.15, -0.1) is 0 Å². The van der Waals surface area contributed by atoms with Gasteiger partial charge in [0.1, 0.15) is 12.4 Å². The number of hydrogen-bond donors (Lipinski definition) is 1. The minimum absolute atomic E-state index is 0.0202. The van der Waals surface area contributed by atoms with E-state index in [1.165, 1.54) is 11.1 Å². The number of nitrogens with one attached hydrogen (secondary N) is 1. The lowest BCUT2D eigenvalue weighted by atomic mass is 9.75. The fourth-order valence-electron chi connectivity index (χ4n) is 7.50. The number of amides is 1. The molecular formula is C35H34N2O6. The zero-order chi connectivity index (χ0) is 29.8. The van der Waals surface area contributed by atoms with E-state index in [1.807, 2.05) is 60.4 Å². The van der Waals surface area contributed by atoms with Crippen molar-refractivity contribution in [1.82, 2.24) is 10.2 Å². The molecule has 0 aromatic heterocycles. The third kappa shape index (κ3) is 4.15. The molecule has 1 amide bonds. The first-order chi connectivity index (χ1) is 21.0. The zero-order valence-electron chi connectivity index (χ0n) is 24.7. The van der Waals surface area contributed by atoms with Crippen LogP contribution in [0.2, 0.25) is 0 Å². The van der Waals surface area contributed by atoms with Crippen molar-refractivity contribution in [2.24, 2.45) is 0 Å². The van der Waals surface area contributed by atoms with Gasteiger partial charge in [-0.1, -0.05) is 60.7 Å². The second-order valence-electron chi connectivity index (χ2n) is 11.4. The Morgan fingerprint density at radius 1 is 0.884 bits per heavy atom. The highest BCUT2D eigenvalue weighted by atomic mass is 16.5. The van der Waals surface area contributed by atoms with Crippen LogP contribution in [0.1, 0.15) is 50.3 Å². The molecular weight excluding hydrogens is 544 g/mol. The van der Waals surface area contributed by atoms with Gasteiger partial charge in [0.25, 0.3) is 0 Å². The Bertz CT molecular complexity index is 1760. The lowest BCUT2D eigenvalue weighted by molar-refractivity contribution is -0.147. The number of ether oxygens (including phenoxy) is 4. The van der Waals surface area contributed by atoms with Gasteiger partial charge in [0, 0.05) is 16.7 Å². The molecule has 220 valence electrons. The highest BCUT2D eigenvalue weighted by Gasteiger charge is 2.52. The van der Waals surface area contributed by atoms with Crippen LogP contribution >= 0.6 is 0 Å². The largest absolute Gasteiger partial charge is 0.496 e. The molecule has 0 aliphatic carbocycles. The van der Waals surface area contributed by atoms with E-state index in [-0.39, 0.29) is 30.6 Å². The number of carbonyl (C=O) groups is 2. The van der Waals surface area contributed by atoms with Crippen LogP contribution < -0.4 is 19.5 Å². The first kappa shape index (κ1) is 27.3. The van der Waals surface area contributed by atoms with E-state index >= 15 is 0 Å². The van der Waals surface area contributed by atoms with Crippen molar-refractivity contribution in [3.8, 4) is 17.2 Å². The van der Waals surface area contributed by atoms with Crippen molar-refractivity contribution < 1.29 is 28.5 Å². The molecule has 3 heterocycles. The van der Waals surface area contributed by atoms with E-state index < -0.39 is 12.0 Å². The van der Waals surface area contributed by atoms with Gasteiger partial charge in [-0.3, -0.25) is 10.1 Å². The lowest BCUT2D eigenvalue weighted by Crippen LogP contribution is -2.66. The maximum Gasteiger partial charge on any atom is 0.338 e. The fraction of sp³-hybridized carbons (Fsp3) is 0.314. The molecule has 0 spiro atoms. The standard InChI is InChI=1S/C35H34N2O6/c1-19-31(40-2)25-17-27-30-23-14-8-6-11-21(23)16-26(36-30)34(38)37(27)28(29(25)33(42-4)32(19)41-3)18-43-35(39)24-15-9-12-20-10-5-7-13-22(20)24/h5-15,26-28,30,36H,16-18H2,1-4H3/t26-,27-,28-,30+/m0/s1. The van der Waals surface area contributed by atoms with E-state index in [9.17, 15) is 9.59 Å². The Labute approximate surface area is 250 Å². The van der Waals surface area contributed by atoms with Gasteiger partial charge >= 0.3 is 5.97 Å². The van der Waals surface area contributed by atoms with Crippen molar-refractivity contribution in [3.05, 3.63) is 100 Å². The van der Waals surface area contributed by atoms with E-state index in [2.05, 4.69) is 17.4 Å². The summed E-state index contributed by atoms with van der Waals surface area (Å²) in [5.41, 5.74) is 5.36. The predicted octanol–water partition coefficient (Wildman–Crippen LogP) is 5.09. The molecule has 4 aromatic carbocycles. The van der Waals surface area contributed by atoms with Crippen LogP contribution in [-0.4, -0.2) is 56.8 Å². The zero-order valence-corrected chi connectivity index (χ0v) is 24.7. The Morgan fingerprint density at radius 3 is 2.40 bits per heavy atom. The van der Waals surface area contributed by atoms with Crippen molar-refractivity contribution >= 4 is 22.6 Å². The first-order valence-corrected chi connectivity index (χ1v) is 14.6. The molecule has 8 heteroatoms. The van der Waals surface area contributed by atoms with Crippen molar-refractivity contribution in [2.75, 3.05) is 27.9 Å². The van der Waals surface area contributed by atoms with Crippen LogP contribution in [-0.2, 0) is 22.4 Å². The number of fused-ring (bicyclic) bond motifs is 8. The predicted molar refractivity (Wildman–Crippen MR) is 162 cm³/mol. The number of rotatable bonds is 6. The van der Waals surface area contributed by atoms with Crippen molar-refractivity contribution in [3.63, 3.8) is 0 Å². The molecule has 0 radical (unpaired) electrons. The highest BCUT2D eigenvalue weighted by Crippen LogP contribution is 2.53. The molecule has 1 N–H and O–H groups in total. The summed E-state index contributed by atoms with van der Waals surface area (Å²) in [6, 6.07) is 20.3. The van der Waals surface area contributed by atoms with Crippen LogP contribution in [0.3, 0.4) is 0 Å². The second-order valence-corrected chi connectivity index (χ2v) is 11.4. The van der Waals surface area contributed by atoms with Gasteiger partial charge < -0.3 is 23.8 Å². The second kappa shape index (κ2) is 10.6. The Morgan fingerprint density at radius 2 is 1.60 bits per heavy atom. The summed E-state index contributed by atoms with van der Waals surface area (Å²) in [5, 5.41) is 5.40. The molecule has 3 aliphatic rings. The van der Waals surface area contributed by atoms with Crippen LogP contribution in [0, 0.1) is 6.92 Å². The van der Waals surface area contributed by atoms with Gasteiger partial charge in [-0.2, -0.15) is 0 Å². The molecule has 8 nitrogen and oxygen atoms in total. The Hall–Kier alpha value is -4.56. The van der Waals surface area contributed by atoms with Gasteiger partial charge in [0.05, 0.1) is 51.1 Å². The minimum atomic E-state index is -0.615. The summed E-state index contributed by atoms with van der Waals surface area (Å²) in [6.45, 7) is 1.89. The Kier molecular flexibility index (Phi) is 6.73. The third-order valence-electron chi connectivity index (χ3n) is 9.30. The van der Waals surface area contributed by atoms with E-state index in [1.54, 1.807) is 27.4 Å². The number of piperazine rings is 1. The summed E-state index contributed by atoms with van der Waals surface area (Å²) in [5.74, 6) is 1.29. The summed E-state index contributed by atoms with van der Waals surface area (Å²) in [4.78, 5) is 29.9. The smallest absolute Gasteiger partial charge is 0.338 e. The summed E-state index contributed by atoms with van der Waals surface area (Å²) in [6.07, 6.45) is 1.14. The molecule has 4 atom stereocenters. The van der Waals surface area contributed by atoms with E-state index in [0.29, 0.717) is 35.7 Å². The van der Waals surface area contributed by atoms with Gasteiger partial charge in [-0.05, 0) is 47.7 Å². The van der Waals surface area contributed by atoms with Gasteiger partial charge in [0.2, 0.25) is 5.91 Å². The molecule has 1 fully saturated rings. The average Bonchev–Trinajstić information content (AvgIpc) is 3.04. The van der Waals surface area contributed by atoms with Crippen molar-refractivity contribution in [2.45, 2.75) is 43.9 Å². The minimum Gasteiger partial charge on any atom is -0.496 e. The molecule has 3 aliphatic heterocycles. The van der Waals surface area contributed by atoms with Crippen LogP contribution in [0.4, 0.5) is 0 Å². The molecule has 0 saturated carbocycles. The van der Waals surface area contributed by atoms with Crippen molar-refractivity contribution in [1.29, 1.82) is 0 Å². The third-order valence-corrected chi connectivity index (χ3v) is 9.30. The maximum absolute atomic E-state index is 14.3. The molecule has 2 bridgehead atoms. The normalized spacial score (nSPS) is 21.9. The monoisotopic (exact) mass is 578 g/mol. The topological polar surface area (TPSA) is 86.3 Å². The molecule has 1 saturated heterocycles. The first-order valence-electron chi connectivity index (χ1n) is 14.6. The fourth-order valence-corrected chi connectivity index (χ4v) is 7.50. The van der Waals surface area contributed by atoms with E-state index in [0.717, 1.165) is 27.5 Å². The van der Waals surface area contributed by atoms with Crippen LogP contribution in [0.25, 0.3) is 10.8 Å². The number of methoxy groups -OCH3 is 3. The number of benzene rings is 4. The SMILES string of the molecule is COc1c(C)c(OC)c(OC)c2c1C[C@H]1[C@@H]3N[C@@H](Cc4ccccc43)C(=O)N1[C@H]2COC(=O)c1cccc2ccccc12. The molecule has 0 unspecified atom stereocenters. The maximum atomic E-state index is 14.3. The molecule has 43 heavy (non-hydrogen) atoms. The van der Waals surface area contributed by atoms with Crippen LogP contribution in [0.5, 0.6) is 17.2 Å². The lowest BCUT2D eigenvalue weighted by Gasteiger charge is -2.54. The number of nitrogens with zero attached hydrogens (tertiary/aromatic N) is 1. The highest BCUT2D eigenvalue weighted by molar-refractivity contribution is 6.04.